The number of ketones is 1. The number of carboxylic acid groups (broad SMARTS) is 1. The van der Waals surface area contributed by atoms with Crippen LogP contribution < -0.4 is 0 Å². The molecular weight excluding hydrogens is 330 g/mol. The molecule has 0 aliphatic heterocycles. The lowest BCUT2D eigenvalue weighted by Crippen LogP contribution is -2.03. The van der Waals surface area contributed by atoms with Crippen molar-refractivity contribution in [2.45, 2.75) is 13.3 Å². The monoisotopic (exact) mass is 341 g/mol. The Morgan fingerprint density at radius 3 is 2.55 bits per heavy atom. The van der Waals surface area contributed by atoms with Gasteiger partial charge in [0.2, 0.25) is 0 Å². The van der Waals surface area contributed by atoms with Gasteiger partial charge in [-0.25, -0.2) is 4.79 Å². The van der Waals surface area contributed by atoms with Crippen LogP contribution in [0.25, 0.3) is 5.57 Å². The third-order valence-corrected chi connectivity index (χ3v) is 3.00. The van der Waals surface area contributed by atoms with Gasteiger partial charge in [0, 0.05) is 28.6 Å². The van der Waals surface area contributed by atoms with Crippen LogP contribution in [-0.2, 0) is 16.0 Å². The highest BCUT2D eigenvalue weighted by Gasteiger charge is 2.17. The van der Waals surface area contributed by atoms with Crippen LogP contribution in [0.1, 0.15) is 18.1 Å². The summed E-state index contributed by atoms with van der Waals surface area (Å²) in [6.07, 6.45) is 1.22. The SMILES string of the molecule is CC(=O)C(=CC(=O)O)c1ccc(CCBr)c([N+](=O)[O-])c1. The van der Waals surface area contributed by atoms with Crippen molar-refractivity contribution in [2.75, 3.05) is 5.33 Å². The number of benzene rings is 1. The molecule has 106 valence electrons. The Morgan fingerprint density at radius 2 is 2.10 bits per heavy atom. The molecule has 1 N–H and O–H groups in total. The number of hydrogen-bond acceptors (Lipinski definition) is 4. The van der Waals surface area contributed by atoms with E-state index in [9.17, 15) is 19.7 Å². The van der Waals surface area contributed by atoms with Crippen molar-refractivity contribution in [3.05, 3.63) is 45.5 Å². The molecule has 1 rings (SSSR count). The third-order valence-electron chi connectivity index (χ3n) is 2.60. The number of allylic oxidation sites excluding steroid dienone is 1. The van der Waals surface area contributed by atoms with Crippen LogP contribution in [0.2, 0.25) is 0 Å². The fourth-order valence-corrected chi connectivity index (χ4v) is 2.15. The Labute approximate surface area is 123 Å². The third kappa shape index (κ3) is 3.99. The Hall–Kier alpha value is -2.02. The van der Waals surface area contributed by atoms with E-state index in [4.69, 9.17) is 5.11 Å². The summed E-state index contributed by atoms with van der Waals surface area (Å²) in [5, 5.41) is 20.3. The van der Waals surface area contributed by atoms with Crippen molar-refractivity contribution in [1.82, 2.24) is 0 Å². The summed E-state index contributed by atoms with van der Waals surface area (Å²) in [6, 6.07) is 4.28. The summed E-state index contributed by atoms with van der Waals surface area (Å²) in [5.41, 5.74) is 0.559. The maximum absolute atomic E-state index is 11.5. The maximum atomic E-state index is 11.5. The number of halogens is 1. The number of hydrogen-bond donors (Lipinski definition) is 1. The minimum atomic E-state index is -1.28. The maximum Gasteiger partial charge on any atom is 0.329 e. The first kappa shape index (κ1) is 16.0. The molecule has 0 saturated heterocycles. The first-order chi connectivity index (χ1) is 9.36. The number of carboxylic acids is 1. The molecule has 7 heteroatoms. The van der Waals surface area contributed by atoms with E-state index in [1.165, 1.54) is 25.1 Å². The van der Waals surface area contributed by atoms with Crippen LogP contribution in [-0.4, -0.2) is 27.1 Å². The Morgan fingerprint density at radius 1 is 1.45 bits per heavy atom. The molecule has 0 amide bonds. The molecule has 0 unspecified atom stereocenters. The van der Waals surface area contributed by atoms with Gasteiger partial charge in [0.25, 0.3) is 5.69 Å². The number of nitrogens with zero attached hydrogens (tertiary/aromatic N) is 1. The number of carbonyl (C=O) groups is 2. The molecule has 6 nitrogen and oxygen atoms in total. The molecule has 0 bridgehead atoms. The van der Waals surface area contributed by atoms with Crippen molar-refractivity contribution in [1.29, 1.82) is 0 Å². The minimum Gasteiger partial charge on any atom is -0.478 e. The second-order valence-corrected chi connectivity index (χ2v) is 4.79. The molecule has 0 aliphatic carbocycles. The number of nitro benzene ring substituents is 1. The van der Waals surface area contributed by atoms with E-state index in [1.54, 1.807) is 0 Å². The summed E-state index contributed by atoms with van der Waals surface area (Å²) in [6.45, 7) is 1.22. The number of aliphatic carboxylic acids is 1. The first-order valence-corrected chi connectivity index (χ1v) is 6.78. The van der Waals surface area contributed by atoms with Gasteiger partial charge in [-0.3, -0.25) is 14.9 Å². The number of nitro groups is 1. The number of Topliss-reactive ketones (excluding diaryl/α,β-unsaturated/α-hetero) is 1. The molecule has 0 heterocycles. The summed E-state index contributed by atoms with van der Waals surface area (Å²) in [7, 11) is 0. The van der Waals surface area contributed by atoms with Crippen molar-refractivity contribution in [3.63, 3.8) is 0 Å². The van der Waals surface area contributed by atoms with Gasteiger partial charge in [-0.1, -0.05) is 28.1 Å². The van der Waals surface area contributed by atoms with Crippen molar-refractivity contribution < 1.29 is 19.6 Å². The number of alkyl halides is 1. The van der Waals surface area contributed by atoms with Crippen molar-refractivity contribution >= 4 is 38.9 Å². The Bertz CT molecular complexity index is 594. The van der Waals surface area contributed by atoms with Gasteiger partial charge in [0.05, 0.1) is 4.92 Å². The summed E-state index contributed by atoms with van der Waals surface area (Å²) in [5.74, 6) is -1.74. The van der Waals surface area contributed by atoms with Crippen LogP contribution in [0.4, 0.5) is 5.69 Å². The Kier molecular flexibility index (Phi) is 5.57. The highest BCUT2D eigenvalue weighted by molar-refractivity contribution is 9.09. The van der Waals surface area contributed by atoms with Crippen LogP contribution in [0.3, 0.4) is 0 Å². The van der Waals surface area contributed by atoms with Gasteiger partial charge in [-0.05, 0) is 18.9 Å². The normalized spacial score (nSPS) is 11.2. The lowest BCUT2D eigenvalue weighted by atomic mass is 9.98. The standard InChI is InChI=1S/C13H12BrNO5/c1-8(16)11(7-13(17)18)10-3-2-9(4-5-14)12(6-10)15(19)20/h2-3,6-7H,4-5H2,1H3,(H,17,18). The minimum absolute atomic E-state index is 0.0639. The second kappa shape index (κ2) is 6.95. The van der Waals surface area contributed by atoms with Gasteiger partial charge in [-0.2, -0.15) is 0 Å². The lowest BCUT2D eigenvalue weighted by molar-refractivity contribution is -0.385. The smallest absolute Gasteiger partial charge is 0.329 e. The number of aryl methyl sites for hydroxylation is 1. The highest BCUT2D eigenvalue weighted by atomic mass is 79.9. The predicted molar refractivity (Wildman–Crippen MR) is 76.9 cm³/mol. The molecule has 0 aromatic heterocycles. The van der Waals surface area contributed by atoms with Gasteiger partial charge in [-0.15, -0.1) is 0 Å². The fraction of sp³-hybridized carbons (Fsp3) is 0.231. The summed E-state index contributed by atoms with van der Waals surface area (Å²) >= 11 is 3.21. The molecule has 0 atom stereocenters. The molecule has 0 radical (unpaired) electrons. The zero-order valence-electron chi connectivity index (χ0n) is 10.6. The first-order valence-electron chi connectivity index (χ1n) is 5.66. The average Bonchev–Trinajstić information content (AvgIpc) is 2.36. The molecule has 1 aromatic rings. The van der Waals surface area contributed by atoms with Crippen LogP contribution in [0.5, 0.6) is 0 Å². The topological polar surface area (TPSA) is 97.5 Å². The quantitative estimate of drug-likeness (QED) is 0.371. The number of rotatable bonds is 6. The fourth-order valence-electron chi connectivity index (χ4n) is 1.73. The molecule has 20 heavy (non-hydrogen) atoms. The Balaban J connectivity index is 3.39. The van der Waals surface area contributed by atoms with E-state index in [2.05, 4.69) is 15.9 Å². The molecular formula is C13H12BrNO5. The lowest BCUT2D eigenvalue weighted by Gasteiger charge is -2.06. The molecule has 0 fully saturated rings. The van der Waals surface area contributed by atoms with Crippen LogP contribution in [0, 0.1) is 10.1 Å². The van der Waals surface area contributed by atoms with Crippen molar-refractivity contribution in [2.24, 2.45) is 0 Å². The average molecular weight is 342 g/mol. The van der Waals surface area contributed by atoms with Gasteiger partial charge in [0.1, 0.15) is 0 Å². The van der Waals surface area contributed by atoms with E-state index in [0.717, 1.165) is 6.08 Å². The zero-order chi connectivity index (χ0) is 15.3. The second-order valence-electron chi connectivity index (χ2n) is 3.99. The largest absolute Gasteiger partial charge is 0.478 e. The highest BCUT2D eigenvalue weighted by Crippen LogP contribution is 2.26. The van der Waals surface area contributed by atoms with Crippen LogP contribution in [0.15, 0.2) is 24.3 Å². The van der Waals surface area contributed by atoms with E-state index >= 15 is 0 Å². The molecule has 0 spiro atoms. The number of carbonyl (C=O) groups excluding carboxylic acids is 1. The predicted octanol–water partition coefficient (Wildman–Crippen LogP) is 2.59. The van der Waals surface area contributed by atoms with Gasteiger partial charge >= 0.3 is 5.97 Å². The van der Waals surface area contributed by atoms with E-state index < -0.39 is 16.7 Å². The van der Waals surface area contributed by atoms with Crippen LogP contribution >= 0.6 is 15.9 Å². The van der Waals surface area contributed by atoms with E-state index in [0.29, 0.717) is 17.3 Å². The van der Waals surface area contributed by atoms with Crippen molar-refractivity contribution in [3.8, 4) is 0 Å². The summed E-state index contributed by atoms with van der Waals surface area (Å²) < 4.78 is 0. The van der Waals surface area contributed by atoms with E-state index in [1.807, 2.05) is 0 Å². The molecule has 0 saturated carbocycles. The molecule has 0 aliphatic rings. The summed E-state index contributed by atoms with van der Waals surface area (Å²) in [4.78, 5) is 32.7. The zero-order valence-corrected chi connectivity index (χ0v) is 12.2. The molecule has 1 aromatic carbocycles. The van der Waals surface area contributed by atoms with Gasteiger partial charge in [0.15, 0.2) is 5.78 Å². The van der Waals surface area contributed by atoms with Gasteiger partial charge < -0.3 is 5.11 Å². The van der Waals surface area contributed by atoms with E-state index in [-0.39, 0.29) is 16.8 Å².